The first kappa shape index (κ1) is 19.1. The van der Waals surface area contributed by atoms with Gasteiger partial charge in [0.05, 0.1) is 5.69 Å². The lowest BCUT2D eigenvalue weighted by Crippen LogP contribution is -2.59. The monoisotopic (exact) mass is 392 g/mol. The fourth-order valence-corrected chi connectivity index (χ4v) is 2.88. The molecule has 0 bridgehead atoms. The fraction of sp³-hybridized carbons (Fsp3) is 0.471. The highest BCUT2D eigenvalue weighted by atomic mass is 35.5. The molecule has 2 amide bonds. The SMILES string of the molecule is CC(C)(C)OC(=O)N1CCC1C(=O)NCc1cc(Cl)ccc1-n1cnnn1. The van der Waals surface area contributed by atoms with E-state index in [0.717, 1.165) is 5.56 Å². The molecule has 0 spiro atoms. The van der Waals surface area contributed by atoms with E-state index in [-0.39, 0.29) is 12.5 Å². The molecule has 1 aliphatic heterocycles. The highest BCUT2D eigenvalue weighted by Crippen LogP contribution is 2.22. The summed E-state index contributed by atoms with van der Waals surface area (Å²) in [5.41, 5.74) is 0.864. The average molecular weight is 393 g/mol. The highest BCUT2D eigenvalue weighted by Gasteiger charge is 2.39. The Morgan fingerprint density at radius 2 is 2.15 bits per heavy atom. The quantitative estimate of drug-likeness (QED) is 0.853. The molecule has 1 aromatic carbocycles. The molecule has 3 rings (SSSR count). The number of benzene rings is 1. The Labute approximate surface area is 161 Å². The van der Waals surface area contributed by atoms with E-state index in [4.69, 9.17) is 16.3 Å². The third-order valence-corrected chi connectivity index (χ3v) is 4.28. The summed E-state index contributed by atoms with van der Waals surface area (Å²) in [7, 11) is 0. The van der Waals surface area contributed by atoms with Crippen LogP contribution in [0.15, 0.2) is 24.5 Å². The van der Waals surface area contributed by atoms with E-state index in [0.29, 0.717) is 23.7 Å². The van der Waals surface area contributed by atoms with Gasteiger partial charge in [-0.1, -0.05) is 11.6 Å². The Bertz CT molecular complexity index is 834. The minimum absolute atomic E-state index is 0.229. The molecule has 2 heterocycles. The summed E-state index contributed by atoms with van der Waals surface area (Å²) < 4.78 is 6.83. The molecule has 2 aromatic rings. The first-order chi connectivity index (χ1) is 12.7. The Kier molecular flexibility index (Phi) is 5.31. The number of tetrazole rings is 1. The van der Waals surface area contributed by atoms with Gasteiger partial charge in [0.1, 0.15) is 18.0 Å². The van der Waals surface area contributed by atoms with Crippen molar-refractivity contribution in [3.05, 3.63) is 35.1 Å². The van der Waals surface area contributed by atoms with Crippen LogP contribution in [0.2, 0.25) is 5.02 Å². The average Bonchev–Trinajstić information content (AvgIpc) is 3.04. The van der Waals surface area contributed by atoms with Crippen LogP contribution in [-0.2, 0) is 16.1 Å². The van der Waals surface area contributed by atoms with Gasteiger partial charge >= 0.3 is 6.09 Å². The van der Waals surface area contributed by atoms with Crippen LogP contribution in [0.25, 0.3) is 5.69 Å². The summed E-state index contributed by atoms with van der Waals surface area (Å²) in [6.07, 6.45) is 1.58. The molecule has 144 valence electrons. The highest BCUT2D eigenvalue weighted by molar-refractivity contribution is 6.30. The summed E-state index contributed by atoms with van der Waals surface area (Å²) >= 11 is 6.08. The van der Waals surface area contributed by atoms with Gasteiger partial charge in [-0.2, -0.15) is 0 Å². The van der Waals surface area contributed by atoms with Crippen LogP contribution in [0, 0.1) is 0 Å². The second-order valence-electron chi connectivity index (χ2n) is 7.22. The largest absolute Gasteiger partial charge is 0.444 e. The molecule has 1 saturated heterocycles. The predicted octanol–water partition coefficient (Wildman–Crippen LogP) is 1.94. The molecule has 9 nitrogen and oxygen atoms in total. The molecule has 1 unspecified atom stereocenters. The summed E-state index contributed by atoms with van der Waals surface area (Å²) in [5.74, 6) is -0.241. The number of nitrogens with one attached hydrogen (secondary N) is 1. The number of carbonyl (C=O) groups excluding carboxylic acids is 2. The van der Waals surface area contributed by atoms with Gasteiger partial charge in [0.25, 0.3) is 0 Å². The van der Waals surface area contributed by atoms with Crippen LogP contribution >= 0.6 is 11.6 Å². The molecule has 1 atom stereocenters. The number of aromatic nitrogens is 4. The topological polar surface area (TPSA) is 102 Å². The van der Waals surface area contributed by atoms with E-state index in [1.54, 1.807) is 39.0 Å². The number of ether oxygens (including phenoxy) is 1. The van der Waals surface area contributed by atoms with Gasteiger partial charge in [0.2, 0.25) is 5.91 Å². The second-order valence-corrected chi connectivity index (χ2v) is 7.66. The van der Waals surface area contributed by atoms with Crippen molar-refractivity contribution >= 4 is 23.6 Å². The molecule has 27 heavy (non-hydrogen) atoms. The predicted molar refractivity (Wildman–Crippen MR) is 97.4 cm³/mol. The van der Waals surface area contributed by atoms with Gasteiger partial charge in [0.15, 0.2) is 0 Å². The molecule has 1 fully saturated rings. The molecular weight excluding hydrogens is 372 g/mol. The van der Waals surface area contributed by atoms with Crippen molar-refractivity contribution in [2.45, 2.75) is 45.4 Å². The molecule has 10 heteroatoms. The Morgan fingerprint density at radius 3 is 2.74 bits per heavy atom. The molecule has 1 aliphatic rings. The minimum Gasteiger partial charge on any atom is -0.444 e. The van der Waals surface area contributed by atoms with Crippen molar-refractivity contribution in [1.82, 2.24) is 30.4 Å². The van der Waals surface area contributed by atoms with Crippen LogP contribution < -0.4 is 5.32 Å². The summed E-state index contributed by atoms with van der Waals surface area (Å²) in [6.45, 7) is 6.10. The first-order valence-corrected chi connectivity index (χ1v) is 8.91. The van der Waals surface area contributed by atoms with E-state index in [1.807, 2.05) is 0 Å². The number of likely N-dealkylation sites (tertiary alicyclic amines) is 1. The molecule has 0 saturated carbocycles. The third-order valence-electron chi connectivity index (χ3n) is 4.04. The first-order valence-electron chi connectivity index (χ1n) is 8.54. The third kappa shape index (κ3) is 4.54. The van der Waals surface area contributed by atoms with Crippen molar-refractivity contribution in [1.29, 1.82) is 0 Å². The lowest BCUT2D eigenvalue weighted by Gasteiger charge is -2.40. The lowest BCUT2D eigenvalue weighted by atomic mass is 10.0. The zero-order chi connectivity index (χ0) is 19.6. The fourth-order valence-electron chi connectivity index (χ4n) is 2.69. The second kappa shape index (κ2) is 7.51. The molecule has 1 N–H and O–H groups in total. The maximum atomic E-state index is 12.5. The number of hydrogen-bond acceptors (Lipinski definition) is 6. The van der Waals surface area contributed by atoms with Crippen LogP contribution in [0.1, 0.15) is 32.8 Å². The van der Waals surface area contributed by atoms with Crippen molar-refractivity contribution in [2.75, 3.05) is 6.54 Å². The Hall–Kier alpha value is -2.68. The normalized spacial score (nSPS) is 16.6. The van der Waals surface area contributed by atoms with Crippen LogP contribution in [0.3, 0.4) is 0 Å². The van der Waals surface area contributed by atoms with Crippen molar-refractivity contribution in [3.63, 3.8) is 0 Å². The Morgan fingerprint density at radius 1 is 1.37 bits per heavy atom. The number of carbonyl (C=O) groups is 2. The van der Waals surface area contributed by atoms with Gasteiger partial charge in [-0.3, -0.25) is 9.69 Å². The lowest BCUT2D eigenvalue weighted by molar-refractivity contribution is -0.130. The van der Waals surface area contributed by atoms with Gasteiger partial charge < -0.3 is 10.1 Å². The van der Waals surface area contributed by atoms with E-state index < -0.39 is 17.7 Å². The number of halogens is 1. The van der Waals surface area contributed by atoms with Gasteiger partial charge in [0, 0.05) is 18.1 Å². The molecule has 0 aliphatic carbocycles. The Balaban J connectivity index is 1.65. The minimum atomic E-state index is -0.602. The van der Waals surface area contributed by atoms with Crippen LogP contribution in [-0.4, -0.2) is 55.3 Å². The molecular formula is C17H21ClN6O3. The van der Waals surface area contributed by atoms with E-state index in [1.165, 1.54) is 15.9 Å². The van der Waals surface area contributed by atoms with E-state index >= 15 is 0 Å². The van der Waals surface area contributed by atoms with Gasteiger partial charge in [-0.25, -0.2) is 9.48 Å². The maximum Gasteiger partial charge on any atom is 0.410 e. The van der Waals surface area contributed by atoms with E-state index in [9.17, 15) is 9.59 Å². The summed E-state index contributed by atoms with van der Waals surface area (Å²) in [5, 5.41) is 14.5. The van der Waals surface area contributed by atoms with Gasteiger partial charge in [-0.05, 0) is 61.4 Å². The number of amides is 2. The van der Waals surface area contributed by atoms with Crippen molar-refractivity contribution in [2.24, 2.45) is 0 Å². The van der Waals surface area contributed by atoms with Crippen molar-refractivity contribution < 1.29 is 14.3 Å². The number of nitrogens with zero attached hydrogens (tertiary/aromatic N) is 5. The zero-order valence-corrected chi connectivity index (χ0v) is 16.1. The number of hydrogen-bond donors (Lipinski definition) is 1. The maximum absolute atomic E-state index is 12.5. The van der Waals surface area contributed by atoms with Gasteiger partial charge in [-0.15, -0.1) is 5.10 Å². The van der Waals surface area contributed by atoms with Crippen LogP contribution in [0.4, 0.5) is 4.79 Å². The smallest absolute Gasteiger partial charge is 0.410 e. The molecule has 0 radical (unpaired) electrons. The van der Waals surface area contributed by atoms with Crippen LogP contribution in [0.5, 0.6) is 0 Å². The summed E-state index contributed by atoms with van der Waals surface area (Å²) in [6, 6.07) is 4.71. The standard InChI is InChI=1S/C17H21ClN6O3/c1-17(2,3)27-16(26)23-7-6-14(23)15(25)19-9-11-8-12(18)4-5-13(11)24-10-20-21-22-24/h4-5,8,10,14H,6-7,9H2,1-3H3,(H,19,25). The van der Waals surface area contributed by atoms with E-state index in [2.05, 4.69) is 20.8 Å². The number of rotatable bonds is 4. The summed E-state index contributed by atoms with van der Waals surface area (Å²) in [4.78, 5) is 26.1. The van der Waals surface area contributed by atoms with Crippen molar-refractivity contribution in [3.8, 4) is 5.69 Å². The molecule has 1 aromatic heterocycles. The zero-order valence-electron chi connectivity index (χ0n) is 15.3.